The highest BCUT2D eigenvalue weighted by atomic mass is 17.1. The second-order valence-corrected chi connectivity index (χ2v) is 8.12. The number of carbonyl (C=O) groups is 3. The number of ether oxygens (including phenoxy) is 1. The van der Waals surface area contributed by atoms with Gasteiger partial charge in [-0.1, -0.05) is 71.8 Å². The van der Waals surface area contributed by atoms with Crippen LogP contribution in [0.5, 0.6) is 0 Å². The third-order valence-corrected chi connectivity index (χ3v) is 6.08. The van der Waals surface area contributed by atoms with Crippen LogP contribution >= 0.6 is 0 Å². The van der Waals surface area contributed by atoms with E-state index in [-0.39, 0.29) is 11.3 Å². The number of allylic oxidation sites excluding steroid dienone is 1. The maximum absolute atomic E-state index is 13.7. The summed E-state index contributed by atoms with van der Waals surface area (Å²) in [6.45, 7) is 0. The number of ketones is 2. The number of Topliss-reactive ketones (excluding diaryl/α,β-unsaturated/α-hetero) is 2. The number of hydrogen-bond acceptors (Lipinski definition) is 8. The van der Waals surface area contributed by atoms with Gasteiger partial charge in [0.25, 0.3) is 0 Å². The highest BCUT2D eigenvalue weighted by Crippen LogP contribution is 2.44. The quantitative estimate of drug-likeness (QED) is 0.205. The van der Waals surface area contributed by atoms with E-state index in [1.165, 1.54) is 18.2 Å². The Morgan fingerprint density at radius 3 is 2.06 bits per heavy atom. The summed E-state index contributed by atoms with van der Waals surface area (Å²) >= 11 is 0. The summed E-state index contributed by atoms with van der Waals surface area (Å²) in [5.41, 5.74) is -0.558. The lowest BCUT2D eigenvalue weighted by Crippen LogP contribution is -2.51. The first kappa shape index (κ1) is 23.6. The molecule has 2 aromatic carbocycles. The number of hydroxylamine groups is 2. The van der Waals surface area contributed by atoms with Crippen LogP contribution in [0.25, 0.3) is 0 Å². The fourth-order valence-corrected chi connectivity index (χ4v) is 4.35. The first-order valence-electron chi connectivity index (χ1n) is 11.0. The van der Waals surface area contributed by atoms with E-state index in [0.29, 0.717) is 24.0 Å². The molecule has 176 valence electrons. The molecule has 0 radical (unpaired) electrons. The molecular weight excluding hydrogens is 438 g/mol. The van der Waals surface area contributed by atoms with Gasteiger partial charge in [0.2, 0.25) is 11.5 Å². The van der Waals surface area contributed by atoms with Crippen LogP contribution in [0, 0.1) is 0 Å². The van der Waals surface area contributed by atoms with Gasteiger partial charge < -0.3 is 9.57 Å². The normalized spacial score (nSPS) is 19.9. The van der Waals surface area contributed by atoms with E-state index in [9.17, 15) is 19.6 Å². The minimum Gasteiger partial charge on any atom is -0.466 e. The molecule has 1 N–H and O–H groups in total. The average Bonchev–Trinajstić information content (AvgIpc) is 3.53. The van der Waals surface area contributed by atoms with Gasteiger partial charge >= 0.3 is 5.97 Å². The van der Waals surface area contributed by atoms with Crippen LogP contribution in [-0.4, -0.2) is 46.7 Å². The van der Waals surface area contributed by atoms with Gasteiger partial charge in [-0.25, -0.2) is 14.9 Å². The molecule has 1 atom stereocenters. The molecule has 8 nitrogen and oxygen atoms in total. The van der Waals surface area contributed by atoms with Gasteiger partial charge in [0.15, 0.2) is 11.5 Å². The van der Waals surface area contributed by atoms with E-state index in [1.807, 2.05) is 0 Å². The van der Waals surface area contributed by atoms with Gasteiger partial charge in [-0.15, -0.1) is 0 Å². The Kier molecular flexibility index (Phi) is 7.02. The Morgan fingerprint density at radius 2 is 1.53 bits per heavy atom. The summed E-state index contributed by atoms with van der Waals surface area (Å²) in [6, 6.07) is 15.9. The molecule has 2 aliphatic rings. The van der Waals surface area contributed by atoms with Crippen LogP contribution in [0.1, 0.15) is 46.4 Å². The number of nitrogens with zero attached hydrogens (tertiary/aromatic N) is 1. The van der Waals surface area contributed by atoms with Gasteiger partial charge in [-0.05, 0) is 25.7 Å². The van der Waals surface area contributed by atoms with Crippen LogP contribution in [-0.2, 0) is 19.3 Å². The molecule has 2 aromatic rings. The summed E-state index contributed by atoms with van der Waals surface area (Å²) in [4.78, 5) is 50.1. The Morgan fingerprint density at radius 1 is 0.971 bits per heavy atom. The van der Waals surface area contributed by atoms with E-state index in [0.717, 1.165) is 18.9 Å². The number of methoxy groups -OCH3 is 1. The molecule has 1 unspecified atom stereocenters. The van der Waals surface area contributed by atoms with Crippen LogP contribution in [0.3, 0.4) is 0 Å². The van der Waals surface area contributed by atoms with Crippen LogP contribution in [0.15, 0.2) is 84.1 Å². The third kappa shape index (κ3) is 4.43. The fraction of sp³-hybridized carbons (Fsp3) is 0.269. The molecular formula is C26H25NO7. The number of benzene rings is 2. The van der Waals surface area contributed by atoms with Crippen molar-refractivity contribution in [3.05, 3.63) is 95.3 Å². The molecule has 0 saturated heterocycles. The summed E-state index contributed by atoms with van der Waals surface area (Å²) in [5.74, 6) is -1.75. The van der Waals surface area contributed by atoms with Gasteiger partial charge in [0.1, 0.15) is 6.04 Å². The molecule has 0 amide bonds. The average molecular weight is 463 g/mol. The first-order valence-corrected chi connectivity index (χ1v) is 11.0. The predicted molar refractivity (Wildman–Crippen MR) is 121 cm³/mol. The molecule has 4 rings (SSSR count). The number of hydrogen-bond donors (Lipinski definition) is 1. The van der Waals surface area contributed by atoms with Crippen molar-refractivity contribution >= 4 is 17.5 Å². The molecule has 0 spiro atoms. The lowest BCUT2D eigenvalue weighted by molar-refractivity contribution is -0.410. The Balaban J connectivity index is 1.87. The van der Waals surface area contributed by atoms with Gasteiger partial charge in [-0.3, -0.25) is 9.59 Å². The Labute approximate surface area is 196 Å². The van der Waals surface area contributed by atoms with Crippen molar-refractivity contribution in [3.63, 3.8) is 0 Å². The van der Waals surface area contributed by atoms with Crippen molar-refractivity contribution in [2.75, 3.05) is 7.11 Å². The molecule has 1 aliphatic carbocycles. The van der Waals surface area contributed by atoms with Crippen molar-refractivity contribution in [1.82, 2.24) is 5.06 Å². The highest BCUT2D eigenvalue weighted by Gasteiger charge is 2.53. The Bertz CT molecular complexity index is 1120. The lowest BCUT2D eigenvalue weighted by atomic mass is 9.92. The lowest BCUT2D eigenvalue weighted by Gasteiger charge is -2.36. The predicted octanol–water partition coefficient (Wildman–Crippen LogP) is 4.11. The number of carbonyl (C=O) groups excluding carboxylic acids is 3. The van der Waals surface area contributed by atoms with Crippen molar-refractivity contribution in [1.29, 1.82) is 0 Å². The zero-order chi connectivity index (χ0) is 24.1. The van der Waals surface area contributed by atoms with Gasteiger partial charge in [0, 0.05) is 17.2 Å². The number of esters is 1. The molecule has 1 heterocycles. The SMILES string of the molecule is COC(=O)/C=C\C1C(C(=O)c2ccccc2)=C(C(=O)c2ccccc2)ON1C1(OO)CCCC1. The largest absolute Gasteiger partial charge is 0.466 e. The van der Waals surface area contributed by atoms with Crippen LogP contribution in [0.4, 0.5) is 0 Å². The van der Waals surface area contributed by atoms with E-state index in [2.05, 4.69) is 0 Å². The van der Waals surface area contributed by atoms with Crippen LogP contribution < -0.4 is 0 Å². The standard InChI is InChI=1S/C26H25NO7/c1-32-21(28)15-14-20-22(23(29)18-10-4-2-5-11-18)25(24(30)19-12-6-3-7-13-19)33-27(20)26(34-31)16-8-9-17-26/h2-7,10-15,20,31H,8-9,16-17H2,1H3/b15-14-. The molecule has 1 saturated carbocycles. The minimum atomic E-state index is -1.29. The minimum absolute atomic E-state index is 0.0449. The van der Waals surface area contributed by atoms with E-state index in [1.54, 1.807) is 60.7 Å². The maximum Gasteiger partial charge on any atom is 0.330 e. The van der Waals surface area contributed by atoms with E-state index < -0.39 is 29.3 Å². The fourth-order valence-electron chi connectivity index (χ4n) is 4.35. The van der Waals surface area contributed by atoms with Crippen molar-refractivity contribution in [3.8, 4) is 0 Å². The van der Waals surface area contributed by atoms with Gasteiger partial charge in [-0.2, -0.15) is 0 Å². The molecule has 0 aromatic heterocycles. The second-order valence-electron chi connectivity index (χ2n) is 8.12. The monoisotopic (exact) mass is 463 g/mol. The van der Waals surface area contributed by atoms with Crippen molar-refractivity contribution in [2.24, 2.45) is 0 Å². The smallest absolute Gasteiger partial charge is 0.330 e. The zero-order valence-electron chi connectivity index (χ0n) is 18.7. The third-order valence-electron chi connectivity index (χ3n) is 6.08. The molecule has 34 heavy (non-hydrogen) atoms. The molecule has 0 bridgehead atoms. The van der Waals surface area contributed by atoms with Crippen LogP contribution in [0.2, 0.25) is 0 Å². The molecule has 1 aliphatic heterocycles. The summed E-state index contributed by atoms with van der Waals surface area (Å²) < 4.78 is 4.71. The second kappa shape index (κ2) is 10.1. The number of rotatable bonds is 8. The van der Waals surface area contributed by atoms with Crippen molar-refractivity contribution < 1.29 is 34.1 Å². The maximum atomic E-state index is 13.7. The molecule has 8 heteroatoms. The first-order chi connectivity index (χ1) is 16.5. The summed E-state index contributed by atoms with van der Waals surface area (Å²) in [7, 11) is 1.24. The highest BCUT2D eigenvalue weighted by molar-refractivity contribution is 6.18. The van der Waals surface area contributed by atoms with E-state index in [4.69, 9.17) is 14.5 Å². The zero-order valence-corrected chi connectivity index (χ0v) is 18.7. The summed E-state index contributed by atoms with van der Waals surface area (Å²) in [6.07, 6.45) is 4.90. The van der Waals surface area contributed by atoms with Crippen molar-refractivity contribution in [2.45, 2.75) is 37.5 Å². The molecule has 1 fully saturated rings. The topological polar surface area (TPSA) is 102 Å². The van der Waals surface area contributed by atoms with E-state index >= 15 is 0 Å². The Hall–Kier alpha value is -3.59. The van der Waals surface area contributed by atoms with Gasteiger partial charge in [0.05, 0.1) is 12.7 Å². The summed E-state index contributed by atoms with van der Waals surface area (Å²) in [5, 5.41) is 11.2.